The van der Waals surface area contributed by atoms with Gasteiger partial charge in [0.05, 0.1) is 155 Å². The van der Waals surface area contributed by atoms with Gasteiger partial charge in [-0.1, -0.05) is 53.7 Å². The summed E-state index contributed by atoms with van der Waals surface area (Å²) in [6.07, 6.45) is -3.74. The molecule has 1 aromatic rings. The number of benzene rings is 1. The van der Waals surface area contributed by atoms with Gasteiger partial charge in [-0.05, 0) is 59.6 Å². The van der Waals surface area contributed by atoms with Crippen LogP contribution in [0.4, 0.5) is 0 Å². The second-order valence-corrected chi connectivity index (χ2v) is 24.9. The number of hydrogen-bond donors (Lipinski definition) is 7. The number of carbonyl (C=O) groups is 9. The number of esters is 3. The zero-order chi connectivity index (χ0) is 72.8. The Bertz CT molecular complexity index is 2490. The van der Waals surface area contributed by atoms with E-state index in [1.54, 1.807) is 12.1 Å². The van der Waals surface area contributed by atoms with Crippen LogP contribution in [0.2, 0.25) is 0 Å². The first-order valence-electron chi connectivity index (χ1n) is 34.1. The van der Waals surface area contributed by atoms with Crippen molar-refractivity contribution < 1.29 is 119 Å². The minimum Gasteiger partial charge on any atom is -0.508 e. The summed E-state index contributed by atoms with van der Waals surface area (Å²) in [5.41, 5.74) is 0.628. The van der Waals surface area contributed by atoms with Crippen molar-refractivity contribution in [3.05, 3.63) is 29.8 Å². The Morgan fingerprint density at radius 2 is 0.707 bits per heavy atom. The first-order valence-corrected chi connectivity index (χ1v) is 34.1. The highest BCUT2D eigenvalue weighted by Crippen LogP contribution is 2.34. The number of carbonyl (C=O) groups excluding carboxylic acids is 9. The Morgan fingerprint density at radius 1 is 0.414 bits per heavy atom. The van der Waals surface area contributed by atoms with E-state index < -0.39 is 97.0 Å². The van der Waals surface area contributed by atoms with E-state index in [9.17, 15) is 48.3 Å². The molecule has 0 bridgehead atoms. The topological polar surface area (TPSA) is 388 Å². The number of nitrogens with one attached hydrogen (secondary N) is 6. The molecule has 16 unspecified atom stereocenters. The van der Waals surface area contributed by atoms with Crippen molar-refractivity contribution in [3.63, 3.8) is 0 Å². The van der Waals surface area contributed by atoms with Crippen molar-refractivity contribution in [2.75, 3.05) is 152 Å². The Morgan fingerprint density at radius 3 is 1.01 bits per heavy atom. The molecular weight excluding hydrogens is 1300 g/mol. The lowest BCUT2D eigenvalue weighted by Gasteiger charge is -2.44. The molecular formula is C67H111N7O25. The third kappa shape index (κ3) is 32.9. The molecule has 0 spiro atoms. The first kappa shape index (κ1) is 85.1. The van der Waals surface area contributed by atoms with E-state index in [2.05, 4.69) is 31.9 Å². The predicted molar refractivity (Wildman–Crippen MR) is 353 cm³/mol. The zero-order valence-corrected chi connectivity index (χ0v) is 59.7. The third-order valence-corrected chi connectivity index (χ3v) is 17.3. The average molecular weight is 1410 g/mol. The van der Waals surface area contributed by atoms with Crippen LogP contribution in [0.3, 0.4) is 0 Å². The van der Waals surface area contributed by atoms with Crippen molar-refractivity contribution in [3.8, 4) is 5.75 Å². The van der Waals surface area contributed by atoms with E-state index in [-0.39, 0.29) is 217 Å². The number of hydrogen-bond acceptors (Lipinski definition) is 26. The van der Waals surface area contributed by atoms with Gasteiger partial charge in [-0.3, -0.25) is 48.1 Å². The minimum absolute atomic E-state index is 0.000441. The van der Waals surface area contributed by atoms with Crippen LogP contribution in [-0.2, 0) is 121 Å². The number of nitrogens with zero attached hydrogens (tertiary/aromatic N) is 1. The predicted octanol–water partition coefficient (Wildman–Crippen LogP) is 0.298. The largest absolute Gasteiger partial charge is 0.508 e. The molecule has 0 saturated carbocycles. The number of ether oxygens (including phenoxy) is 15. The van der Waals surface area contributed by atoms with Crippen LogP contribution < -0.4 is 31.9 Å². The lowest BCUT2D eigenvalue weighted by atomic mass is 9.82. The Hall–Kier alpha value is -6.27. The van der Waals surface area contributed by atoms with Gasteiger partial charge in [0.25, 0.3) is 0 Å². The van der Waals surface area contributed by atoms with E-state index in [1.807, 2.05) is 41.5 Å². The maximum atomic E-state index is 14.3. The van der Waals surface area contributed by atoms with Gasteiger partial charge in [0.2, 0.25) is 35.4 Å². The highest BCUT2D eigenvalue weighted by atomic mass is 16.7. The molecule has 564 valence electrons. The monoisotopic (exact) mass is 1410 g/mol. The Labute approximate surface area is 581 Å². The maximum absolute atomic E-state index is 14.3. The van der Waals surface area contributed by atoms with Crippen LogP contribution in [0.25, 0.3) is 0 Å². The summed E-state index contributed by atoms with van der Waals surface area (Å²) >= 11 is 0. The molecule has 3 heterocycles. The SMILES string of the molecule is CC(=O)NC1C(OCCOCCOCCNC(=O)CN(CC(=O)NCCOCCOCCOC2OC(COC(C)=O)C(C)C(C)C2NC(C)=O)C(Cc2ccc(O)cc2)C(=O)NCCOCCOCCOC2OC(COC(C)=O)C(C)C(C)C2NC(C)=O)OC(COC(C)=O)C(C)C1C. The van der Waals surface area contributed by atoms with Crippen LogP contribution in [0.5, 0.6) is 5.75 Å². The summed E-state index contributed by atoms with van der Waals surface area (Å²) in [5.74, 6) is -3.89. The normalized spacial score (nSPS) is 25.5. The fourth-order valence-electron chi connectivity index (χ4n) is 11.3. The number of phenols is 1. The molecule has 16 atom stereocenters. The van der Waals surface area contributed by atoms with E-state index in [4.69, 9.17) is 71.1 Å². The molecule has 6 amide bonds. The number of amides is 6. The Kier molecular flexibility index (Phi) is 40.4. The smallest absolute Gasteiger partial charge is 0.302 e. The van der Waals surface area contributed by atoms with Crippen LogP contribution in [0, 0.1) is 35.5 Å². The standard InChI is InChI=1S/C67H111N7O25/c1-41-44(4)61(71-47(7)75)65(97-56(41)38-94-50(10)78)91-32-29-88-26-23-85-20-17-68-59(82)36-74(37-60(83)69-18-21-86-24-27-89-30-33-92-66-62(72-48(8)76)45(5)42(2)57(98-66)39-95-51(11)79)55(35-53-13-15-54(81)16-14-53)64(84)70-19-22-87-25-28-90-31-34-93-67-63(73-49(9)77)46(6)43(3)58(99-67)40-96-52(12)80/h13-16,41-46,55-58,61-63,65-67,81H,17-40H2,1-12H3,(H,68,82)(H,69,83)(H,70,84)(H,71,75)(H,72,76)(H,73,77). The molecule has 3 aliphatic heterocycles. The lowest BCUT2D eigenvalue weighted by molar-refractivity contribution is -0.247. The summed E-state index contributed by atoms with van der Waals surface area (Å²) in [6, 6.07) is 3.77. The number of rotatable bonds is 47. The molecule has 7 N–H and O–H groups in total. The van der Waals surface area contributed by atoms with Crippen LogP contribution in [-0.4, -0.2) is 276 Å². The molecule has 3 saturated heterocycles. The third-order valence-electron chi connectivity index (χ3n) is 17.3. The quantitative estimate of drug-likeness (QED) is 0.0262. The molecule has 32 heteroatoms. The molecule has 0 radical (unpaired) electrons. The Balaban J connectivity index is 1.29. The molecule has 3 aliphatic rings. The fraction of sp³-hybridized carbons (Fsp3) is 0.776. The highest BCUT2D eigenvalue weighted by Gasteiger charge is 2.46. The van der Waals surface area contributed by atoms with Crippen molar-refractivity contribution in [2.45, 2.75) is 151 Å². The summed E-state index contributed by atoms with van der Waals surface area (Å²) in [4.78, 5) is 114. The first-order chi connectivity index (χ1) is 47.2. The van der Waals surface area contributed by atoms with Gasteiger partial charge in [-0.2, -0.15) is 0 Å². The van der Waals surface area contributed by atoms with Gasteiger partial charge in [0.15, 0.2) is 18.9 Å². The highest BCUT2D eigenvalue weighted by molar-refractivity contribution is 5.86. The van der Waals surface area contributed by atoms with E-state index >= 15 is 0 Å². The summed E-state index contributed by atoms with van der Waals surface area (Å²) in [6.45, 7) is 21.7. The van der Waals surface area contributed by atoms with Gasteiger partial charge in [-0.15, -0.1) is 0 Å². The van der Waals surface area contributed by atoms with Gasteiger partial charge < -0.3 is 108 Å². The maximum Gasteiger partial charge on any atom is 0.302 e. The van der Waals surface area contributed by atoms with Crippen LogP contribution in [0.1, 0.15) is 88.6 Å². The molecule has 1 aromatic carbocycles. The van der Waals surface area contributed by atoms with Gasteiger partial charge in [-0.25, -0.2) is 0 Å². The summed E-state index contributed by atoms with van der Waals surface area (Å²) < 4.78 is 86.4. The van der Waals surface area contributed by atoms with Gasteiger partial charge in [0.1, 0.15) is 25.6 Å². The fourth-order valence-corrected chi connectivity index (χ4v) is 11.3. The van der Waals surface area contributed by atoms with Crippen molar-refractivity contribution in [1.82, 2.24) is 36.8 Å². The van der Waals surface area contributed by atoms with E-state index in [0.29, 0.717) is 5.56 Å². The lowest BCUT2D eigenvalue weighted by Crippen LogP contribution is -2.58. The van der Waals surface area contributed by atoms with E-state index in [0.717, 1.165) is 0 Å². The molecule has 32 nitrogen and oxygen atoms in total. The number of phenolic OH excluding ortho intramolecular Hbond substituents is 1. The zero-order valence-electron chi connectivity index (χ0n) is 59.7. The second kappa shape index (κ2) is 47.0. The van der Waals surface area contributed by atoms with Gasteiger partial charge in [0, 0.05) is 61.2 Å². The molecule has 0 aromatic heterocycles. The minimum atomic E-state index is -1.09. The average Bonchev–Trinajstić information content (AvgIpc) is 0.826. The van der Waals surface area contributed by atoms with E-state index in [1.165, 1.54) is 58.6 Å². The molecule has 99 heavy (non-hydrogen) atoms. The van der Waals surface area contributed by atoms with Crippen molar-refractivity contribution in [2.24, 2.45) is 35.5 Å². The molecule has 4 rings (SSSR count). The molecule has 0 aliphatic carbocycles. The van der Waals surface area contributed by atoms with Crippen molar-refractivity contribution >= 4 is 53.4 Å². The number of aromatic hydroxyl groups is 1. The molecule has 3 fully saturated rings. The van der Waals surface area contributed by atoms with Crippen LogP contribution in [0.15, 0.2) is 24.3 Å². The van der Waals surface area contributed by atoms with Crippen molar-refractivity contribution in [1.29, 1.82) is 0 Å². The summed E-state index contributed by atoms with van der Waals surface area (Å²) in [5, 5.41) is 27.3. The second-order valence-electron chi connectivity index (χ2n) is 24.9. The van der Waals surface area contributed by atoms with Crippen LogP contribution >= 0.6 is 0 Å². The van der Waals surface area contributed by atoms with Gasteiger partial charge >= 0.3 is 17.9 Å². The summed E-state index contributed by atoms with van der Waals surface area (Å²) in [7, 11) is 0.